The largest absolute Gasteiger partial charge is 0.335 e. The second-order valence-corrected chi connectivity index (χ2v) is 7.09. The standard InChI is InChI=1S/C16H28N4O.ClH/c1-6-14-13(9-18-20(14)16(3,4)5)15(21)19-10-12(8-17)7-11(19)2;/h9,11-12H,6-8,10,17H2,1-5H3;1H. The molecule has 22 heavy (non-hydrogen) atoms. The molecule has 2 atom stereocenters. The Morgan fingerprint density at radius 1 is 1.45 bits per heavy atom. The molecule has 1 aliphatic rings. The molecule has 0 saturated carbocycles. The third-order valence-electron chi connectivity index (χ3n) is 4.33. The van der Waals surface area contributed by atoms with Gasteiger partial charge in [-0.2, -0.15) is 5.10 Å². The average Bonchev–Trinajstić information content (AvgIpc) is 3.00. The molecule has 0 aromatic carbocycles. The Morgan fingerprint density at radius 3 is 2.55 bits per heavy atom. The van der Waals surface area contributed by atoms with Crippen molar-refractivity contribution >= 4 is 18.3 Å². The second kappa shape index (κ2) is 7.01. The summed E-state index contributed by atoms with van der Waals surface area (Å²) in [5, 5.41) is 4.46. The molecule has 0 spiro atoms. The molecule has 0 aliphatic carbocycles. The Labute approximate surface area is 139 Å². The van der Waals surface area contributed by atoms with Crippen LogP contribution in [0.15, 0.2) is 6.20 Å². The molecule has 2 rings (SSSR count). The van der Waals surface area contributed by atoms with Gasteiger partial charge in [-0.1, -0.05) is 6.92 Å². The third kappa shape index (κ3) is 3.46. The number of carbonyl (C=O) groups excluding carboxylic acids is 1. The highest BCUT2D eigenvalue weighted by molar-refractivity contribution is 5.95. The van der Waals surface area contributed by atoms with E-state index in [0.29, 0.717) is 12.5 Å². The molecular weight excluding hydrogens is 300 g/mol. The molecule has 1 aliphatic heterocycles. The number of halogens is 1. The molecule has 5 nitrogen and oxygen atoms in total. The van der Waals surface area contributed by atoms with Crippen LogP contribution in [0.4, 0.5) is 0 Å². The summed E-state index contributed by atoms with van der Waals surface area (Å²) in [5.74, 6) is 0.525. The van der Waals surface area contributed by atoms with E-state index in [1.165, 1.54) is 0 Å². The zero-order chi connectivity index (χ0) is 15.8. The molecule has 1 aromatic heterocycles. The van der Waals surface area contributed by atoms with Gasteiger partial charge >= 0.3 is 0 Å². The molecule has 1 amide bonds. The molecule has 2 heterocycles. The Balaban J connectivity index is 0.00000242. The van der Waals surface area contributed by atoms with Gasteiger partial charge in [-0.15, -0.1) is 12.4 Å². The van der Waals surface area contributed by atoms with Gasteiger partial charge in [-0.3, -0.25) is 9.48 Å². The van der Waals surface area contributed by atoms with Crippen LogP contribution < -0.4 is 5.73 Å². The van der Waals surface area contributed by atoms with Crippen molar-refractivity contribution in [2.45, 2.75) is 59.0 Å². The first-order valence-corrected chi connectivity index (χ1v) is 7.88. The lowest BCUT2D eigenvalue weighted by atomic mass is 10.1. The molecule has 1 fully saturated rings. The Kier molecular flexibility index (Phi) is 6.04. The fraction of sp³-hybridized carbons (Fsp3) is 0.750. The van der Waals surface area contributed by atoms with Crippen molar-refractivity contribution in [2.24, 2.45) is 11.7 Å². The SMILES string of the molecule is CCc1c(C(=O)N2CC(CN)CC2C)cnn1C(C)(C)C.Cl. The molecule has 1 aromatic rings. The summed E-state index contributed by atoms with van der Waals surface area (Å²) in [6.07, 6.45) is 3.53. The maximum atomic E-state index is 12.9. The van der Waals surface area contributed by atoms with Crippen molar-refractivity contribution in [3.8, 4) is 0 Å². The van der Waals surface area contributed by atoms with Gasteiger partial charge in [0.25, 0.3) is 5.91 Å². The highest BCUT2D eigenvalue weighted by Crippen LogP contribution is 2.26. The van der Waals surface area contributed by atoms with Gasteiger partial charge in [0.15, 0.2) is 0 Å². The van der Waals surface area contributed by atoms with Gasteiger partial charge in [0, 0.05) is 12.6 Å². The second-order valence-electron chi connectivity index (χ2n) is 7.09. The molecule has 0 bridgehead atoms. The molecule has 2 unspecified atom stereocenters. The topological polar surface area (TPSA) is 64.2 Å². The lowest BCUT2D eigenvalue weighted by Crippen LogP contribution is -2.35. The van der Waals surface area contributed by atoms with Crippen LogP contribution in [0.1, 0.15) is 57.1 Å². The van der Waals surface area contributed by atoms with Crippen LogP contribution in [0.25, 0.3) is 0 Å². The lowest BCUT2D eigenvalue weighted by Gasteiger charge is -2.24. The van der Waals surface area contributed by atoms with E-state index in [0.717, 1.165) is 30.6 Å². The molecule has 1 saturated heterocycles. The van der Waals surface area contributed by atoms with Crippen LogP contribution >= 0.6 is 12.4 Å². The third-order valence-corrected chi connectivity index (χ3v) is 4.33. The van der Waals surface area contributed by atoms with Gasteiger partial charge in [0.1, 0.15) is 0 Å². The smallest absolute Gasteiger partial charge is 0.257 e. The minimum Gasteiger partial charge on any atom is -0.335 e. The van der Waals surface area contributed by atoms with Crippen LogP contribution in [-0.4, -0.2) is 39.7 Å². The predicted octanol–water partition coefficient (Wildman–Crippen LogP) is 2.43. The van der Waals surface area contributed by atoms with Gasteiger partial charge in [-0.25, -0.2) is 0 Å². The fourth-order valence-electron chi connectivity index (χ4n) is 3.22. The van der Waals surface area contributed by atoms with Crippen LogP contribution in [0.3, 0.4) is 0 Å². The highest BCUT2D eigenvalue weighted by atomic mass is 35.5. The lowest BCUT2D eigenvalue weighted by molar-refractivity contribution is 0.0742. The summed E-state index contributed by atoms with van der Waals surface area (Å²) in [6, 6.07) is 0.258. The highest BCUT2D eigenvalue weighted by Gasteiger charge is 2.34. The zero-order valence-electron chi connectivity index (χ0n) is 14.3. The van der Waals surface area contributed by atoms with E-state index in [1.807, 2.05) is 9.58 Å². The maximum absolute atomic E-state index is 12.9. The number of nitrogens with two attached hydrogens (primary N) is 1. The first-order chi connectivity index (χ1) is 9.79. The summed E-state index contributed by atoms with van der Waals surface area (Å²) < 4.78 is 1.97. The van der Waals surface area contributed by atoms with E-state index in [2.05, 4.69) is 39.7 Å². The van der Waals surface area contributed by atoms with Crippen molar-refractivity contribution in [3.63, 3.8) is 0 Å². The number of rotatable bonds is 3. The van der Waals surface area contributed by atoms with Crippen LogP contribution in [0.5, 0.6) is 0 Å². The Morgan fingerprint density at radius 2 is 2.09 bits per heavy atom. The molecular formula is C16H29ClN4O. The minimum absolute atomic E-state index is 0. The summed E-state index contributed by atoms with van der Waals surface area (Å²) in [6.45, 7) is 11.9. The number of carbonyl (C=O) groups is 1. The van der Waals surface area contributed by atoms with Crippen LogP contribution in [0, 0.1) is 5.92 Å². The molecule has 2 N–H and O–H groups in total. The number of hydrogen-bond acceptors (Lipinski definition) is 3. The fourth-order valence-corrected chi connectivity index (χ4v) is 3.22. The van der Waals surface area contributed by atoms with E-state index in [1.54, 1.807) is 6.20 Å². The summed E-state index contributed by atoms with van der Waals surface area (Å²) >= 11 is 0. The quantitative estimate of drug-likeness (QED) is 0.926. The normalized spacial score (nSPS) is 21.8. The number of hydrogen-bond donors (Lipinski definition) is 1. The first-order valence-electron chi connectivity index (χ1n) is 7.88. The molecule has 0 radical (unpaired) electrons. The zero-order valence-corrected chi connectivity index (χ0v) is 15.1. The van der Waals surface area contributed by atoms with Crippen LogP contribution in [-0.2, 0) is 12.0 Å². The van der Waals surface area contributed by atoms with E-state index in [-0.39, 0.29) is 29.9 Å². The Bertz CT molecular complexity index is 521. The first kappa shape index (κ1) is 19.0. The van der Waals surface area contributed by atoms with E-state index >= 15 is 0 Å². The number of likely N-dealkylation sites (tertiary alicyclic amines) is 1. The monoisotopic (exact) mass is 328 g/mol. The number of aromatic nitrogens is 2. The van der Waals surface area contributed by atoms with Crippen LogP contribution in [0.2, 0.25) is 0 Å². The van der Waals surface area contributed by atoms with Crippen molar-refractivity contribution in [1.82, 2.24) is 14.7 Å². The predicted molar refractivity (Wildman–Crippen MR) is 91.5 cm³/mol. The average molecular weight is 329 g/mol. The number of nitrogens with zero attached hydrogens (tertiary/aromatic N) is 3. The van der Waals surface area contributed by atoms with E-state index < -0.39 is 0 Å². The molecule has 6 heteroatoms. The summed E-state index contributed by atoms with van der Waals surface area (Å²) in [7, 11) is 0. The summed E-state index contributed by atoms with van der Waals surface area (Å²) in [5.41, 5.74) is 7.42. The van der Waals surface area contributed by atoms with Gasteiger partial charge < -0.3 is 10.6 Å². The molecule has 126 valence electrons. The van der Waals surface area contributed by atoms with Crippen molar-refractivity contribution in [2.75, 3.05) is 13.1 Å². The summed E-state index contributed by atoms with van der Waals surface area (Å²) in [4.78, 5) is 14.8. The van der Waals surface area contributed by atoms with Gasteiger partial charge in [-0.05, 0) is 53.0 Å². The van der Waals surface area contributed by atoms with Gasteiger partial charge in [0.05, 0.1) is 23.0 Å². The maximum Gasteiger partial charge on any atom is 0.257 e. The van der Waals surface area contributed by atoms with E-state index in [4.69, 9.17) is 5.73 Å². The number of amides is 1. The Hall–Kier alpha value is -1.07. The van der Waals surface area contributed by atoms with E-state index in [9.17, 15) is 4.79 Å². The van der Waals surface area contributed by atoms with Crippen molar-refractivity contribution in [1.29, 1.82) is 0 Å². The van der Waals surface area contributed by atoms with Gasteiger partial charge in [0.2, 0.25) is 0 Å². The van der Waals surface area contributed by atoms with Crippen molar-refractivity contribution < 1.29 is 4.79 Å². The minimum atomic E-state index is -0.111. The van der Waals surface area contributed by atoms with Crippen molar-refractivity contribution in [3.05, 3.63) is 17.5 Å².